The predicted octanol–water partition coefficient (Wildman–Crippen LogP) is 3.13. The molecule has 1 heterocycles. The number of nitrogens with zero attached hydrogens (tertiary/aromatic N) is 1. The first-order valence-corrected chi connectivity index (χ1v) is 8.35. The number of hydrogen-bond donors (Lipinski definition) is 2. The van der Waals surface area contributed by atoms with Crippen LogP contribution in [-0.4, -0.2) is 28.1 Å². The second kappa shape index (κ2) is 6.28. The van der Waals surface area contributed by atoms with Crippen molar-refractivity contribution >= 4 is 16.8 Å². The molecule has 122 valence electrons. The number of fused-ring (bicyclic) bond motifs is 1. The Bertz CT molecular complexity index is 735. The third-order valence-electron chi connectivity index (χ3n) is 4.88. The fraction of sp³-hybridized carbons (Fsp3) is 0.474. The van der Waals surface area contributed by atoms with Crippen LogP contribution in [0.25, 0.3) is 10.9 Å². The second-order valence-electron chi connectivity index (χ2n) is 6.69. The van der Waals surface area contributed by atoms with Gasteiger partial charge in [0.05, 0.1) is 11.6 Å². The number of aryl methyl sites for hydroxylation is 2. The lowest BCUT2D eigenvalue weighted by atomic mass is 9.76. The number of nitrogens with one attached hydrogen (secondary N) is 1. The summed E-state index contributed by atoms with van der Waals surface area (Å²) in [6, 6.07) is 7.89. The van der Waals surface area contributed by atoms with Gasteiger partial charge in [-0.05, 0) is 62.8 Å². The summed E-state index contributed by atoms with van der Waals surface area (Å²) in [5.74, 6) is 0.336. The van der Waals surface area contributed by atoms with Crippen molar-refractivity contribution < 1.29 is 9.90 Å². The van der Waals surface area contributed by atoms with Crippen molar-refractivity contribution in [2.24, 2.45) is 5.92 Å². The Balaban J connectivity index is 1.80. The van der Waals surface area contributed by atoms with E-state index >= 15 is 0 Å². The number of rotatable bonds is 4. The molecule has 4 heteroatoms. The van der Waals surface area contributed by atoms with Crippen molar-refractivity contribution in [2.45, 2.75) is 52.2 Å². The molecule has 1 fully saturated rings. The third-order valence-corrected chi connectivity index (χ3v) is 4.88. The highest BCUT2D eigenvalue weighted by Gasteiger charge is 2.33. The molecular weight excluding hydrogens is 288 g/mol. The molecule has 3 rings (SSSR count). The van der Waals surface area contributed by atoms with Crippen molar-refractivity contribution in [1.82, 2.24) is 10.3 Å². The monoisotopic (exact) mass is 312 g/mol. The van der Waals surface area contributed by atoms with Gasteiger partial charge in [0.2, 0.25) is 0 Å². The Morgan fingerprint density at radius 2 is 2.09 bits per heavy atom. The van der Waals surface area contributed by atoms with Gasteiger partial charge in [-0.2, -0.15) is 0 Å². The maximum absolute atomic E-state index is 12.6. The lowest BCUT2D eigenvalue weighted by Gasteiger charge is -2.37. The van der Waals surface area contributed by atoms with Gasteiger partial charge < -0.3 is 10.4 Å². The van der Waals surface area contributed by atoms with Crippen LogP contribution in [0.2, 0.25) is 0 Å². The van der Waals surface area contributed by atoms with Crippen molar-refractivity contribution in [3.05, 3.63) is 41.1 Å². The van der Waals surface area contributed by atoms with Crippen LogP contribution < -0.4 is 5.32 Å². The summed E-state index contributed by atoms with van der Waals surface area (Å²) in [5.41, 5.74) is 3.65. The van der Waals surface area contributed by atoms with Crippen LogP contribution in [0, 0.1) is 19.8 Å². The average molecular weight is 312 g/mol. The first kappa shape index (κ1) is 15.9. The molecule has 2 N–H and O–H groups in total. The summed E-state index contributed by atoms with van der Waals surface area (Å²) in [7, 11) is 0. The van der Waals surface area contributed by atoms with E-state index in [1.165, 1.54) is 5.56 Å². The topological polar surface area (TPSA) is 62.2 Å². The Labute approximate surface area is 136 Å². The number of benzene rings is 1. The van der Waals surface area contributed by atoms with E-state index in [0.29, 0.717) is 11.5 Å². The third kappa shape index (κ3) is 3.22. The molecule has 4 nitrogen and oxygen atoms in total. The molecule has 1 aromatic heterocycles. The molecule has 1 saturated carbocycles. The van der Waals surface area contributed by atoms with Gasteiger partial charge in [0.1, 0.15) is 0 Å². The van der Waals surface area contributed by atoms with Crippen LogP contribution in [0.4, 0.5) is 0 Å². The minimum absolute atomic E-state index is 0.0545. The average Bonchev–Trinajstić information content (AvgIpc) is 2.48. The molecule has 1 aliphatic carbocycles. The fourth-order valence-electron chi connectivity index (χ4n) is 3.48. The summed E-state index contributed by atoms with van der Waals surface area (Å²) >= 11 is 0. The Kier molecular flexibility index (Phi) is 4.35. The van der Waals surface area contributed by atoms with Crippen LogP contribution in [0.1, 0.15) is 47.8 Å². The molecule has 1 amide bonds. The van der Waals surface area contributed by atoms with Gasteiger partial charge in [0, 0.05) is 22.7 Å². The molecule has 0 aliphatic heterocycles. The number of aliphatic hydroxyl groups excluding tert-OH is 1. The summed E-state index contributed by atoms with van der Waals surface area (Å²) in [5, 5.41) is 13.7. The number of aliphatic hydroxyl groups is 1. The molecule has 1 aromatic carbocycles. The number of hydrogen-bond acceptors (Lipinski definition) is 3. The molecule has 0 saturated heterocycles. The molecule has 0 spiro atoms. The number of pyridine rings is 1. The SMILES string of the molecule is CC[C@H](NC(=O)c1ccc2c(C)cc(C)nc2c1)C1CC(O)C1. The number of aromatic nitrogens is 1. The summed E-state index contributed by atoms with van der Waals surface area (Å²) in [6.07, 6.45) is 2.27. The maximum atomic E-state index is 12.6. The number of carbonyl (C=O) groups is 1. The van der Waals surface area contributed by atoms with E-state index in [1.54, 1.807) is 0 Å². The van der Waals surface area contributed by atoms with Crippen molar-refractivity contribution in [3.63, 3.8) is 0 Å². The molecule has 1 atom stereocenters. The number of carbonyl (C=O) groups excluding carboxylic acids is 1. The van der Waals surface area contributed by atoms with Crippen LogP contribution >= 0.6 is 0 Å². The van der Waals surface area contributed by atoms with E-state index in [0.717, 1.165) is 35.9 Å². The summed E-state index contributed by atoms with van der Waals surface area (Å²) < 4.78 is 0. The Hall–Kier alpha value is -1.94. The fourth-order valence-corrected chi connectivity index (χ4v) is 3.48. The van der Waals surface area contributed by atoms with Gasteiger partial charge >= 0.3 is 0 Å². The molecule has 0 unspecified atom stereocenters. The zero-order valence-electron chi connectivity index (χ0n) is 14.0. The molecular formula is C19H24N2O2. The highest BCUT2D eigenvalue weighted by atomic mass is 16.3. The van der Waals surface area contributed by atoms with Crippen molar-refractivity contribution in [2.75, 3.05) is 0 Å². The first-order chi connectivity index (χ1) is 11.0. The predicted molar refractivity (Wildman–Crippen MR) is 91.5 cm³/mol. The Morgan fingerprint density at radius 3 is 2.74 bits per heavy atom. The first-order valence-electron chi connectivity index (χ1n) is 8.35. The highest BCUT2D eigenvalue weighted by molar-refractivity contribution is 5.98. The van der Waals surface area contributed by atoms with Crippen LogP contribution in [0.15, 0.2) is 24.3 Å². The summed E-state index contributed by atoms with van der Waals surface area (Å²) in [6.45, 7) is 6.10. The quantitative estimate of drug-likeness (QED) is 0.912. The van der Waals surface area contributed by atoms with E-state index in [1.807, 2.05) is 25.1 Å². The zero-order valence-corrected chi connectivity index (χ0v) is 14.0. The molecule has 0 bridgehead atoms. The van der Waals surface area contributed by atoms with Crippen molar-refractivity contribution in [3.8, 4) is 0 Å². The van der Waals surface area contributed by atoms with E-state index in [2.05, 4.69) is 30.2 Å². The molecule has 23 heavy (non-hydrogen) atoms. The largest absolute Gasteiger partial charge is 0.393 e. The molecule has 0 radical (unpaired) electrons. The van der Waals surface area contributed by atoms with Crippen LogP contribution in [-0.2, 0) is 0 Å². The maximum Gasteiger partial charge on any atom is 0.251 e. The smallest absolute Gasteiger partial charge is 0.251 e. The van der Waals surface area contributed by atoms with Gasteiger partial charge in [-0.15, -0.1) is 0 Å². The Morgan fingerprint density at radius 1 is 1.35 bits per heavy atom. The van der Waals surface area contributed by atoms with E-state index in [9.17, 15) is 9.90 Å². The van der Waals surface area contributed by atoms with Gasteiger partial charge in [-0.1, -0.05) is 13.0 Å². The van der Waals surface area contributed by atoms with Crippen LogP contribution in [0.5, 0.6) is 0 Å². The zero-order chi connectivity index (χ0) is 16.6. The summed E-state index contributed by atoms with van der Waals surface area (Å²) in [4.78, 5) is 17.1. The normalized spacial score (nSPS) is 21.7. The van der Waals surface area contributed by atoms with Crippen LogP contribution in [0.3, 0.4) is 0 Å². The van der Waals surface area contributed by atoms with E-state index < -0.39 is 0 Å². The minimum Gasteiger partial charge on any atom is -0.393 e. The van der Waals surface area contributed by atoms with Gasteiger partial charge in [-0.25, -0.2) is 0 Å². The van der Waals surface area contributed by atoms with Gasteiger partial charge in [0.15, 0.2) is 0 Å². The van der Waals surface area contributed by atoms with E-state index in [4.69, 9.17) is 0 Å². The highest BCUT2D eigenvalue weighted by Crippen LogP contribution is 2.31. The molecule has 2 aromatic rings. The lowest BCUT2D eigenvalue weighted by Crippen LogP contribution is -2.46. The molecule has 1 aliphatic rings. The van der Waals surface area contributed by atoms with Gasteiger partial charge in [-0.3, -0.25) is 9.78 Å². The van der Waals surface area contributed by atoms with Crippen molar-refractivity contribution in [1.29, 1.82) is 0 Å². The number of amides is 1. The minimum atomic E-state index is -0.193. The second-order valence-corrected chi connectivity index (χ2v) is 6.69. The lowest BCUT2D eigenvalue weighted by molar-refractivity contribution is 0.0232. The standard InChI is InChI=1S/C19H24N2O2/c1-4-17(14-8-15(22)9-14)21-19(23)13-5-6-16-11(2)7-12(3)20-18(16)10-13/h5-7,10,14-15,17,22H,4,8-9H2,1-3H3,(H,21,23)/t14?,15?,17-/m0/s1. The van der Waals surface area contributed by atoms with Gasteiger partial charge in [0.25, 0.3) is 5.91 Å². The van der Waals surface area contributed by atoms with E-state index in [-0.39, 0.29) is 18.1 Å².